The molecule has 2 aromatic rings. The van der Waals surface area contributed by atoms with E-state index in [1.54, 1.807) is 0 Å². The Morgan fingerprint density at radius 1 is 1.38 bits per heavy atom. The van der Waals surface area contributed by atoms with Gasteiger partial charge in [0.25, 0.3) is 0 Å². The molecule has 0 amide bonds. The van der Waals surface area contributed by atoms with E-state index in [9.17, 15) is 0 Å². The van der Waals surface area contributed by atoms with E-state index >= 15 is 0 Å². The highest BCUT2D eigenvalue weighted by atomic mass is 16.5. The Morgan fingerprint density at radius 2 is 2.24 bits per heavy atom. The molecule has 1 N–H and O–H groups in total. The molecule has 0 spiro atoms. The van der Waals surface area contributed by atoms with Gasteiger partial charge in [0.15, 0.2) is 0 Å². The van der Waals surface area contributed by atoms with Crippen molar-refractivity contribution in [2.45, 2.75) is 25.4 Å². The van der Waals surface area contributed by atoms with Crippen LogP contribution in [0.25, 0.3) is 11.0 Å². The van der Waals surface area contributed by atoms with Gasteiger partial charge in [-0.15, -0.1) is 0 Å². The van der Waals surface area contributed by atoms with Crippen molar-refractivity contribution < 1.29 is 9.15 Å². The Hall–Kier alpha value is -1.36. The van der Waals surface area contributed by atoms with Crippen LogP contribution in [0.5, 0.6) is 0 Å². The van der Waals surface area contributed by atoms with Crippen molar-refractivity contribution in [1.82, 2.24) is 10.2 Å². The molecule has 2 unspecified atom stereocenters. The van der Waals surface area contributed by atoms with Crippen LogP contribution < -0.4 is 5.32 Å². The van der Waals surface area contributed by atoms with Crippen molar-refractivity contribution >= 4 is 11.0 Å². The maximum absolute atomic E-state index is 6.01. The van der Waals surface area contributed by atoms with Gasteiger partial charge in [0, 0.05) is 24.5 Å². The van der Waals surface area contributed by atoms with E-state index < -0.39 is 0 Å². The molecule has 0 saturated carbocycles. The fourth-order valence-corrected chi connectivity index (χ4v) is 3.04. The summed E-state index contributed by atoms with van der Waals surface area (Å²) in [7, 11) is 2.00. The number of hydrogen-bond acceptors (Lipinski definition) is 4. The molecule has 114 valence electrons. The highest BCUT2D eigenvalue weighted by Gasteiger charge is 2.25. The first-order chi connectivity index (χ1) is 10.3. The number of furan rings is 1. The number of fused-ring (bicyclic) bond motifs is 1. The molecule has 1 aliphatic rings. The zero-order valence-electron chi connectivity index (χ0n) is 12.8. The lowest BCUT2D eigenvalue weighted by Crippen LogP contribution is -2.48. The molecule has 0 radical (unpaired) electrons. The molecular formula is C17H24N2O2. The molecule has 0 aliphatic carbocycles. The number of ether oxygens (including phenoxy) is 1. The van der Waals surface area contributed by atoms with Crippen molar-refractivity contribution in [2.75, 3.05) is 33.4 Å². The quantitative estimate of drug-likeness (QED) is 0.918. The molecule has 4 nitrogen and oxygen atoms in total. The molecule has 1 aromatic carbocycles. The summed E-state index contributed by atoms with van der Waals surface area (Å²) in [5.41, 5.74) is 0.960. The number of para-hydroxylation sites is 1. The summed E-state index contributed by atoms with van der Waals surface area (Å²) in [5, 5.41) is 4.56. The Bertz CT molecular complexity index is 548. The SMILES string of the molecule is CCC1COCCN1CC(NC)c1cc2ccccc2o1. The molecule has 0 bridgehead atoms. The van der Waals surface area contributed by atoms with Crippen LogP contribution in [-0.4, -0.2) is 44.3 Å². The van der Waals surface area contributed by atoms with Crippen LogP contribution in [-0.2, 0) is 4.74 Å². The number of rotatable bonds is 5. The first kappa shape index (κ1) is 14.6. The maximum atomic E-state index is 6.01. The van der Waals surface area contributed by atoms with Crippen LogP contribution in [0.15, 0.2) is 34.7 Å². The van der Waals surface area contributed by atoms with Crippen molar-refractivity contribution in [2.24, 2.45) is 0 Å². The summed E-state index contributed by atoms with van der Waals surface area (Å²) in [6.45, 7) is 5.84. The molecule has 21 heavy (non-hydrogen) atoms. The number of likely N-dealkylation sites (N-methyl/N-ethyl adjacent to an activating group) is 1. The van der Waals surface area contributed by atoms with Gasteiger partial charge in [0.2, 0.25) is 0 Å². The maximum Gasteiger partial charge on any atom is 0.134 e. The average Bonchev–Trinajstić information content (AvgIpc) is 2.96. The molecule has 3 rings (SSSR count). The summed E-state index contributed by atoms with van der Waals surface area (Å²) in [4.78, 5) is 2.51. The summed E-state index contributed by atoms with van der Waals surface area (Å²) in [6.07, 6.45) is 1.12. The molecule has 1 fully saturated rings. The lowest BCUT2D eigenvalue weighted by Gasteiger charge is -2.36. The van der Waals surface area contributed by atoms with Gasteiger partial charge in [0.1, 0.15) is 11.3 Å². The van der Waals surface area contributed by atoms with Gasteiger partial charge in [-0.2, -0.15) is 0 Å². The summed E-state index contributed by atoms with van der Waals surface area (Å²) in [5.74, 6) is 1.01. The zero-order chi connectivity index (χ0) is 14.7. The van der Waals surface area contributed by atoms with Crippen LogP contribution in [0.3, 0.4) is 0 Å². The van der Waals surface area contributed by atoms with Crippen LogP contribution in [0.4, 0.5) is 0 Å². The molecule has 1 saturated heterocycles. The minimum atomic E-state index is 0.213. The molecular weight excluding hydrogens is 264 g/mol. The van der Waals surface area contributed by atoms with Crippen molar-refractivity contribution in [1.29, 1.82) is 0 Å². The Balaban J connectivity index is 1.77. The second-order valence-corrected chi connectivity index (χ2v) is 5.66. The van der Waals surface area contributed by atoms with E-state index in [1.165, 1.54) is 5.39 Å². The molecule has 1 aromatic heterocycles. The van der Waals surface area contributed by atoms with E-state index in [4.69, 9.17) is 9.15 Å². The van der Waals surface area contributed by atoms with Gasteiger partial charge in [-0.1, -0.05) is 25.1 Å². The third-order valence-electron chi connectivity index (χ3n) is 4.37. The van der Waals surface area contributed by atoms with Crippen molar-refractivity contribution in [3.8, 4) is 0 Å². The van der Waals surface area contributed by atoms with Gasteiger partial charge in [-0.05, 0) is 25.6 Å². The third-order valence-corrected chi connectivity index (χ3v) is 4.37. The van der Waals surface area contributed by atoms with Gasteiger partial charge in [-0.25, -0.2) is 0 Å². The van der Waals surface area contributed by atoms with Crippen LogP contribution in [0, 0.1) is 0 Å². The molecule has 2 atom stereocenters. The Kier molecular flexibility index (Phi) is 4.58. The van der Waals surface area contributed by atoms with Crippen LogP contribution in [0.2, 0.25) is 0 Å². The number of nitrogens with zero attached hydrogens (tertiary/aromatic N) is 1. The van der Waals surface area contributed by atoms with Crippen LogP contribution >= 0.6 is 0 Å². The molecule has 4 heteroatoms. The predicted molar refractivity (Wildman–Crippen MR) is 84.5 cm³/mol. The van der Waals surface area contributed by atoms with Gasteiger partial charge in [-0.3, -0.25) is 4.90 Å². The first-order valence-electron chi connectivity index (χ1n) is 7.79. The largest absolute Gasteiger partial charge is 0.459 e. The minimum Gasteiger partial charge on any atom is -0.459 e. The highest BCUT2D eigenvalue weighted by molar-refractivity contribution is 5.77. The number of nitrogens with one attached hydrogen (secondary N) is 1. The average molecular weight is 288 g/mol. The minimum absolute atomic E-state index is 0.213. The summed E-state index contributed by atoms with van der Waals surface area (Å²) >= 11 is 0. The number of morpholine rings is 1. The van der Waals surface area contributed by atoms with Gasteiger partial charge in [0.05, 0.1) is 19.3 Å². The predicted octanol–water partition coefficient (Wildman–Crippen LogP) is 2.80. The fourth-order valence-electron chi connectivity index (χ4n) is 3.04. The highest BCUT2D eigenvalue weighted by Crippen LogP contribution is 2.25. The van der Waals surface area contributed by atoms with Crippen molar-refractivity contribution in [3.05, 3.63) is 36.1 Å². The smallest absolute Gasteiger partial charge is 0.134 e. The second kappa shape index (κ2) is 6.60. The van der Waals surface area contributed by atoms with E-state index in [0.717, 1.165) is 44.1 Å². The molecule has 1 aliphatic heterocycles. The topological polar surface area (TPSA) is 37.6 Å². The van der Waals surface area contributed by atoms with Gasteiger partial charge >= 0.3 is 0 Å². The monoisotopic (exact) mass is 288 g/mol. The van der Waals surface area contributed by atoms with Crippen molar-refractivity contribution in [3.63, 3.8) is 0 Å². The second-order valence-electron chi connectivity index (χ2n) is 5.66. The lowest BCUT2D eigenvalue weighted by atomic mass is 10.1. The fraction of sp³-hybridized carbons (Fsp3) is 0.529. The Morgan fingerprint density at radius 3 is 3.00 bits per heavy atom. The van der Waals surface area contributed by atoms with Gasteiger partial charge < -0.3 is 14.5 Å². The third kappa shape index (κ3) is 3.12. The lowest BCUT2D eigenvalue weighted by molar-refractivity contribution is -0.0132. The number of hydrogen-bond donors (Lipinski definition) is 1. The van der Waals surface area contributed by atoms with Crippen LogP contribution in [0.1, 0.15) is 25.1 Å². The van der Waals surface area contributed by atoms with E-state index in [2.05, 4.69) is 29.3 Å². The first-order valence-corrected chi connectivity index (χ1v) is 7.79. The zero-order valence-corrected chi connectivity index (χ0v) is 12.8. The van der Waals surface area contributed by atoms with E-state index in [1.807, 2.05) is 25.2 Å². The van der Waals surface area contributed by atoms with E-state index in [0.29, 0.717) is 6.04 Å². The summed E-state index contributed by atoms with van der Waals surface area (Å²) in [6, 6.07) is 11.1. The number of benzene rings is 1. The summed E-state index contributed by atoms with van der Waals surface area (Å²) < 4.78 is 11.6. The standard InChI is InChI=1S/C17H24N2O2/c1-3-14-12-20-9-8-19(14)11-15(18-2)17-10-13-6-4-5-7-16(13)21-17/h4-7,10,14-15,18H,3,8-9,11-12H2,1-2H3. The normalized spacial score (nSPS) is 21.7. The Labute approximate surface area is 126 Å². The van der Waals surface area contributed by atoms with E-state index in [-0.39, 0.29) is 6.04 Å². The molecule has 2 heterocycles.